The molecule has 0 aromatic heterocycles. The van der Waals surface area contributed by atoms with Crippen LogP contribution >= 0.6 is 11.6 Å². The van der Waals surface area contributed by atoms with Crippen LogP contribution < -0.4 is 0 Å². The molecule has 1 unspecified atom stereocenters. The minimum atomic E-state index is -4.26. The lowest BCUT2D eigenvalue weighted by atomic mass is 10.2. The summed E-state index contributed by atoms with van der Waals surface area (Å²) in [6.07, 6.45) is 0.922. The molecule has 0 radical (unpaired) electrons. The van der Waals surface area contributed by atoms with Gasteiger partial charge in [0.15, 0.2) is 5.56 Å². The molecule has 1 aromatic carbocycles. The van der Waals surface area contributed by atoms with Crippen LogP contribution in [0.5, 0.6) is 0 Å². The van der Waals surface area contributed by atoms with Gasteiger partial charge in [-0.25, -0.2) is 9.59 Å². The average molecular weight is 290 g/mol. The van der Waals surface area contributed by atoms with Gasteiger partial charge in [0.2, 0.25) is 0 Å². The molecule has 0 aliphatic carbocycles. The summed E-state index contributed by atoms with van der Waals surface area (Å²) in [7, 11) is -4.26. The summed E-state index contributed by atoms with van der Waals surface area (Å²) >= 11 is 5.47. The van der Waals surface area contributed by atoms with Gasteiger partial charge in [-0.3, -0.25) is 0 Å². The van der Waals surface area contributed by atoms with Gasteiger partial charge < -0.3 is 4.74 Å². The summed E-state index contributed by atoms with van der Waals surface area (Å²) in [6.45, 7) is 1.40. The molecule has 96 valence electrons. The first-order chi connectivity index (χ1) is 8.38. The van der Waals surface area contributed by atoms with E-state index in [0.29, 0.717) is 0 Å². The Bertz CT molecular complexity index is 604. The summed E-state index contributed by atoms with van der Waals surface area (Å²) in [5, 5.41) is 0. The summed E-state index contributed by atoms with van der Waals surface area (Å²) in [5.41, 5.74) is -1.16. The van der Waals surface area contributed by atoms with Crippen LogP contribution in [0.25, 0.3) is 0 Å². The molecule has 18 heavy (non-hydrogen) atoms. The first kappa shape index (κ1) is 14.4. The van der Waals surface area contributed by atoms with Crippen molar-refractivity contribution in [3.05, 3.63) is 29.8 Å². The van der Waals surface area contributed by atoms with Crippen molar-refractivity contribution < 1.29 is 22.7 Å². The van der Waals surface area contributed by atoms with Gasteiger partial charge in [-0.05, 0) is 19.1 Å². The van der Waals surface area contributed by atoms with Crippen molar-refractivity contribution in [3.63, 3.8) is 0 Å². The Kier molecular flexibility index (Phi) is 4.61. The van der Waals surface area contributed by atoms with Crippen LogP contribution in [-0.2, 0) is 19.6 Å². The second-order valence-corrected chi connectivity index (χ2v) is 5.29. The molecule has 0 aliphatic heterocycles. The third-order valence-corrected chi connectivity index (χ3v) is 3.13. The third kappa shape index (κ3) is 3.40. The van der Waals surface area contributed by atoms with Gasteiger partial charge in [-0.15, -0.1) is 0 Å². The number of isocyanates is 1. The molecule has 0 N–H and O–H groups in total. The van der Waals surface area contributed by atoms with Gasteiger partial charge in [0.25, 0.3) is 16.1 Å². The fraction of sp³-hybridized carbons (Fsp3) is 0.200. The highest BCUT2D eigenvalue weighted by Gasteiger charge is 2.23. The zero-order valence-electron chi connectivity index (χ0n) is 9.16. The first-order valence-corrected chi connectivity index (χ1v) is 6.54. The molecule has 1 atom stereocenters. The molecule has 1 rings (SSSR count). The summed E-state index contributed by atoms with van der Waals surface area (Å²) < 4.78 is 30.5. The predicted molar refractivity (Wildman–Crippen MR) is 62.5 cm³/mol. The van der Waals surface area contributed by atoms with E-state index in [0.717, 1.165) is 12.1 Å². The minimum absolute atomic E-state index is 0.246. The normalized spacial score (nSPS) is 12.3. The van der Waals surface area contributed by atoms with E-state index in [9.17, 15) is 18.0 Å². The number of sulfonamides is 1. The van der Waals surface area contributed by atoms with Crippen LogP contribution in [-0.4, -0.2) is 26.0 Å². The van der Waals surface area contributed by atoms with Crippen LogP contribution in [0.3, 0.4) is 0 Å². The van der Waals surface area contributed by atoms with Crippen LogP contribution in [0, 0.1) is 0 Å². The third-order valence-electron chi connectivity index (χ3n) is 1.81. The van der Waals surface area contributed by atoms with Crippen molar-refractivity contribution >= 4 is 33.7 Å². The number of carbonyl (C=O) groups excluding carboxylic acids is 2. The fourth-order valence-corrected chi connectivity index (χ4v) is 2.13. The number of rotatable bonds is 4. The highest BCUT2D eigenvalue weighted by molar-refractivity contribution is 7.90. The summed E-state index contributed by atoms with van der Waals surface area (Å²) in [6, 6.07) is 5.19. The van der Waals surface area contributed by atoms with Gasteiger partial charge >= 0.3 is 5.97 Å². The molecule has 0 saturated heterocycles. The Hall–Kier alpha value is -1.69. The molecule has 0 spiro atoms. The molecule has 0 bridgehead atoms. The molecular weight excluding hydrogens is 282 g/mol. The number of esters is 1. The fourth-order valence-electron chi connectivity index (χ4n) is 1.17. The topological polar surface area (TPSA) is 89.9 Å². The van der Waals surface area contributed by atoms with E-state index >= 15 is 0 Å². The molecule has 0 fully saturated rings. The highest BCUT2D eigenvalue weighted by Crippen LogP contribution is 2.19. The largest absolute Gasteiger partial charge is 0.443 e. The SMILES string of the molecule is CC(Cl)OC(=O)c1ccccc1S(=O)(=O)N=C=O. The van der Waals surface area contributed by atoms with Crippen LogP contribution in [0.2, 0.25) is 0 Å². The number of hydrogen-bond acceptors (Lipinski definition) is 5. The number of halogens is 1. The number of alkyl halides is 1. The molecule has 6 nitrogen and oxygen atoms in total. The van der Waals surface area contributed by atoms with E-state index in [1.807, 2.05) is 0 Å². The molecule has 8 heteroatoms. The van der Waals surface area contributed by atoms with Crippen molar-refractivity contribution in [1.29, 1.82) is 0 Å². The van der Waals surface area contributed by atoms with Crippen LogP contribution in [0.1, 0.15) is 17.3 Å². The van der Waals surface area contributed by atoms with E-state index in [2.05, 4.69) is 9.13 Å². The Morgan fingerprint density at radius 3 is 2.61 bits per heavy atom. The Balaban J connectivity index is 3.32. The number of nitrogens with zero attached hydrogens (tertiary/aromatic N) is 1. The summed E-state index contributed by atoms with van der Waals surface area (Å²) in [5.74, 6) is -0.919. The smallest absolute Gasteiger partial charge is 0.341 e. The van der Waals surface area contributed by atoms with Crippen molar-refractivity contribution in [2.75, 3.05) is 0 Å². The van der Waals surface area contributed by atoms with Crippen LogP contribution in [0.4, 0.5) is 0 Å². The second-order valence-electron chi connectivity index (χ2n) is 3.10. The quantitative estimate of drug-likeness (QED) is 0.362. The monoisotopic (exact) mass is 289 g/mol. The average Bonchev–Trinajstić information content (AvgIpc) is 2.28. The minimum Gasteiger partial charge on any atom is -0.443 e. The summed E-state index contributed by atoms with van der Waals surface area (Å²) in [4.78, 5) is 21.2. The Labute approximate surface area is 108 Å². The zero-order chi connectivity index (χ0) is 13.8. The van der Waals surface area contributed by atoms with E-state index in [4.69, 9.17) is 11.6 Å². The van der Waals surface area contributed by atoms with Crippen molar-refractivity contribution in [3.8, 4) is 0 Å². The zero-order valence-corrected chi connectivity index (χ0v) is 10.7. The maximum atomic E-state index is 11.6. The standard InChI is InChI=1S/C10H8ClNO5S/c1-7(11)17-10(14)8-4-2-3-5-9(8)18(15,16)12-6-13/h2-5,7H,1H3. The van der Waals surface area contributed by atoms with Gasteiger partial charge in [0.1, 0.15) is 4.90 Å². The second kappa shape index (κ2) is 5.77. The first-order valence-electron chi connectivity index (χ1n) is 4.66. The van der Waals surface area contributed by atoms with Gasteiger partial charge in [-0.2, -0.15) is 8.42 Å². The van der Waals surface area contributed by atoms with Gasteiger partial charge in [-0.1, -0.05) is 28.1 Å². The maximum absolute atomic E-state index is 11.6. The van der Waals surface area contributed by atoms with Crippen molar-refractivity contribution in [2.45, 2.75) is 17.4 Å². The number of carbonyl (C=O) groups is 1. The van der Waals surface area contributed by atoms with E-state index < -0.39 is 26.5 Å². The van der Waals surface area contributed by atoms with Gasteiger partial charge in [0, 0.05) is 0 Å². The molecule has 0 heterocycles. The lowest BCUT2D eigenvalue weighted by molar-refractivity contribution is 0.0467. The number of hydrogen-bond donors (Lipinski definition) is 0. The van der Waals surface area contributed by atoms with E-state index in [1.165, 1.54) is 25.1 Å². The maximum Gasteiger partial charge on any atom is 0.341 e. The van der Waals surface area contributed by atoms with E-state index in [-0.39, 0.29) is 5.56 Å². The van der Waals surface area contributed by atoms with Gasteiger partial charge in [0.05, 0.1) is 5.56 Å². The Morgan fingerprint density at radius 2 is 2.06 bits per heavy atom. The number of benzene rings is 1. The lowest BCUT2D eigenvalue weighted by Gasteiger charge is -2.08. The molecule has 0 aliphatic rings. The highest BCUT2D eigenvalue weighted by atomic mass is 35.5. The molecule has 0 saturated carbocycles. The van der Waals surface area contributed by atoms with E-state index in [1.54, 1.807) is 0 Å². The predicted octanol–water partition coefficient (Wildman–Crippen LogP) is 1.45. The van der Waals surface area contributed by atoms with Crippen molar-refractivity contribution in [1.82, 2.24) is 0 Å². The molecular formula is C10H8ClNO5S. The van der Waals surface area contributed by atoms with Crippen LogP contribution in [0.15, 0.2) is 33.6 Å². The van der Waals surface area contributed by atoms with Crippen molar-refractivity contribution in [2.24, 2.45) is 4.40 Å². The molecule has 1 aromatic rings. The molecule has 0 amide bonds. The Morgan fingerprint density at radius 1 is 1.44 bits per heavy atom. The number of ether oxygens (including phenoxy) is 1. The lowest BCUT2D eigenvalue weighted by Crippen LogP contribution is -2.13.